The van der Waals surface area contributed by atoms with Crippen molar-refractivity contribution < 1.29 is 13.2 Å². The predicted octanol–water partition coefficient (Wildman–Crippen LogP) is 4.74. The lowest BCUT2D eigenvalue weighted by molar-refractivity contribution is -0.123. The Kier molecular flexibility index (Phi) is 5.79. The van der Waals surface area contributed by atoms with Crippen LogP contribution in [0.25, 0.3) is 0 Å². The average Bonchev–Trinajstić information content (AvgIpc) is 3.23. The minimum absolute atomic E-state index is 0.188. The predicted molar refractivity (Wildman–Crippen MR) is 112 cm³/mol. The van der Waals surface area contributed by atoms with Crippen molar-refractivity contribution in [3.63, 3.8) is 0 Å². The Morgan fingerprint density at radius 2 is 1.79 bits per heavy atom. The van der Waals surface area contributed by atoms with Crippen molar-refractivity contribution in [2.24, 2.45) is 0 Å². The molecular formula is C22H25NO3S2. The van der Waals surface area contributed by atoms with Gasteiger partial charge in [0, 0.05) is 0 Å². The topological polar surface area (TPSA) is 75.0 Å². The van der Waals surface area contributed by atoms with E-state index >= 15 is 0 Å². The summed E-state index contributed by atoms with van der Waals surface area (Å²) in [7, 11) is -3.74. The number of rotatable bonds is 6. The third-order valence-corrected chi connectivity index (χ3v) is 9.24. The Morgan fingerprint density at radius 3 is 2.32 bits per heavy atom. The SMILES string of the molecule is CC(C)(c1ccc(C#N)cc1)S(=O)(=O)CC(=O)C1(c2ccsc2)CCCCC1. The number of hydrogen-bond donors (Lipinski definition) is 0. The fourth-order valence-electron chi connectivity index (χ4n) is 4.04. The van der Waals surface area contributed by atoms with E-state index in [-0.39, 0.29) is 5.78 Å². The van der Waals surface area contributed by atoms with Crippen molar-refractivity contribution in [1.82, 2.24) is 0 Å². The number of nitriles is 1. The largest absolute Gasteiger partial charge is 0.298 e. The van der Waals surface area contributed by atoms with Gasteiger partial charge in [-0.25, -0.2) is 8.42 Å². The fourth-order valence-corrected chi connectivity index (χ4v) is 6.27. The Balaban J connectivity index is 1.91. The summed E-state index contributed by atoms with van der Waals surface area (Å²) in [5.41, 5.74) is 1.36. The van der Waals surface area contributed by atoms with Crippen molar-refractivity contribution in [2.45, 2.75) is 56.1 Å². The number of carbonyl (C=O) groups excluding carboxylic acids is 1. The van der Waals surface area contributed by atoms with Gasteiger partial charge < -0.3 is 0 Å². The number of sulfone groups is 1. The van der Waals surface area contributed by atoms with E-state index in [9.17, 15) is 13.2 Å². The van der Waals surface area contributed by atoms with Crippen molar-refractivity contribution in [1.29, 1.82) is 5.26 Å². The molecule has 0 unspecified atom stereocenters. The van der Waals surface area contributed by atoms with Crippen LogP contribution in [0, 0.1) is 11.3 Å². The van der Waals surface area contributed by atoms with Gasteiger partial charge in [-0.05, 0) is 66.8 Å². The van der Waals surface area contributed by atoms with Gasteiger partial charge in [0.05, 0.1) is 21.8 Å². The highest BCUT2D eigenvalue weighted by Gasteiger charge is 2.46. The molecule has 1 aromatic carbocycles. The zero-order valence-electron chi connectivity index (χ0n) is 16.3. The molecule has 6 heteroatoms. The van der Waals surface area contributed by atoms with E-state index in [1.165, 1.54) is 0 Å². The molecule has 3 rings (SSSR count). The second-order valence-electron chi connectivity index (χ2n) is 8.04. The van der Waals surface area contributed by atoms with Crippen LogP contribution in [0.2, 0.25) is 0 Å². The first-order valence-electron chi connectivity index (χ1n) is 9.52. The number of nitrogens with zero attached hydrogens (tertiary/aromatic N) is 1. The summed E-state index contributed by atoms with van der Waals surface area (Å²) >= 11 is 1.55. The fraction of sp³-hybridized carbons (Fsp3) is 0.455. The summed E-state index contributed by atoms with van der Waals surface area (Å²) in [4.78, 5) is 13.4. The number of hydrogen-bond acceptors (Lipinski definition) is 5. The molecule has 4 nitrogen and oxygen atoms in total. The maximum Gasteiger partial charge on any atom is 0.166 e. The summed E-state index contributed by atoms with van der Waals surface area (Å²) in [6.45, 7) is 3.27. The number of thiophene rings is 1. The molecule has 0 saturated heterocycles. The van der Waals surface area contributed by atoms with E-state index in [0.29, 0.717) is 11.1 Å². The molecule has 0 radical (unpaired) electrons. The van der Waals surface area contributed by atoms with Crippen LogP contribution in [0.4, 0.5) is 0 Å². The zero-order valence-corrected chi connectivity index (χ0v) is 17.9. The molecule has 1 aliphatic carbocycles. The summed E-state index contributed by atoms with van der Waals surface area (Å²) in [6.07, 6.45) is 4.41. The van der Waals surface area contributed by atoms with Crippen LogP contribution in [0.3, 0.4) is 0 Å². The first-order valence-corrected chi connectivity index (χ1v) is 12.1. The minimum Gasteiger partial charge on any atom is -0.298 e. The molecular weight excluding hydrogens is 390 g/mol. The summed E-state index contributed by atoms with van der Waals surface area (Å²) in [5.74, 6) is -0.650. The first kappa shape index (κ1) is 20.8. The zero-order chi connectivity index (χ0) is 20.4. The Labute approximate surface area is 171 Å². The van der Waals surface area contributed by atoms with E-state index < -0.39 is 25.8 Å². The van der Waals surface area contributed by atoms with Crippen LogP contribution >= 0.6 is 11.3 Å². The third kappa shape index (κ3) is 3.66. The highest BCUT2D eigenvalue weighted by Crippen LogP contribution is 2.42. The van der Waals surface area contributed by atoms with Crippen molar-refractivity contribution >= 4 is 27.0 Å². The minimum atomic E-state index is -3.74. The molecule has 0 N–H and O–H groups in total. The molecule has 1 aliphatic rings. The van der Waals surface area contributed by atoms with Gasteiger partial charge in [-0.15, -0.1) is 0 Å². The number of carbonyl (C=O) groups is 1. The first-order chi connectivity index (χ1) is 13.2. The van der Waals surface area contributed by atoms with Crippen LogP contribution in [0.15, 0.2) is 41.1 Å². The van der Waals surface area contributed by atoms with Gasteiger partial charge in [-0.1, -0.05) is 31.4 Å². The van der Waals surface area contributed by atoms with E-state index in [0.717, 1.165) is 37.7 Å². The second-order valence-corrected chi connectivity index (χ2v) is 11.4. The standard InChI is InChI=1S/C22H25NO3S2/c1-21(2,18-8-6-17(14-23)7-9-18)28(25,26)16-20(24)22(11-4-3-5-12-22)19-10-13-27-15-19/h6-10,13,15H,3-5,11-12,16H2,1-2H3. The molecule has 0 aliphatic heterocycles. The summed E-state index contributed by atoms with van der Waals surface area (Å²) in [5, 5.41) is 12.9. The van der Waals surface area contributed by atoms with Crippen molar-refractivity contribution in [2.75, 3.05) is 5.75 Å². The lowest BCUT2D eigenvalue weighted by atomic mass is 9.68. The van der Waals surface area contributed by atoms with E-state index in [1.54, 1.807) is 49.4 Å². The van der Waals surface area contributed by atoms with Gasteiger partial charge >= 0.3 is 0 Å². The molecule has 2 aromatic rings. The quantitative estimate of drug-likeness (QED) is 0.683. The summed E-state index contributed by atoms with van der Waals surface area (Å²) in [6, 6.07) is 10.6. The highest BCUT2D eigenvalue weighted by molar-refractivity contribution is 7.93. The van der Waals surface area contributed by atoms with Crippen LogP contribution in [-0.4, -0.2) is 20.0 Å². The number of ketones is 1. The molecule has 0 spiro atoms. The molecule has 0 bridgehead atoms. The number of Topliss-reactive ketones (excluding diaryl/α,β-unsaturated/α-hetero) is 1. The van der Waals surface area contributed by atoms with Gasteiger partial charge in [-0.2, -0.15) is 16.6 Å². The maximum atomic E-state index is 13.4. The third-order valence-electron chi connectivity index (χ3n) is 6.12. The molecule has 148 valence electrons. The Morgan fingerprint density at radius 1 is 1.14 bits per heavy atom. The average molecular weight is 416 g/mol. The van der Waals surface area contributed by atoms with Gasteiger partial charge in [-0.3, -0.25) is 4.79 Å². The number of benzene rings is 1. The summed E-state index contributed by atoms with van der Waals surface area (Å²) < 4.78 is 25.4. The Bertz CT molecular complexity index is 975. The normalized spacial score (nSPS) is 17.0. The van der Waals surface area contributed by atoms with E-state index in [1.807, 2.05) is 22.9 Å². The lowest BCUT2D eigenvalue weighted by Gasteiger charge is -2.36. The van der Waals surface area contributed by atoms with Crippen LogP contribution < -0.4 is 0 Å². The van der Waals surface area contributed by atoms with E-state index in [4.69, 9.17) is 5.26 Å². The molecule has 1 heterocycles. The van der Waals surface area contributed by atoms with Crippen LogP contribution in [0.5, 0.6) is 0 Å². The van der Waals surface area contributed by atoms with Gasteiger partial charge in [0.25, 0.3) is 0 Å². The van der Waals surface area contributed by atoms with Crippen molar-refractivity contribution in [3.8, 4) is 6.07 Å². The van der Waals surface area contributed by atoms with Gasteiger partial charge in [0.1, 0.15) is 5.75 Å². The van der Waals surface area contributed by atoms with Gasteiger partial charge in [0.2, 0.25) is 0 Å². The molecule has 28 heavy (non-hydrogen) atoms. The molecule has 0 amide bonds. The molecule has 0 atom stereocenters. The second kappa shape index (κ2) is 7.81. The van der Waals surface area contributed by atoms with Crippen LogP contribution in [-0.2, 0) is 24.8 Å². The van der Waals surface area contributed by atoms with Gasteiger partial charge in [0.15, 0.2) is 15.6 Å². The van der Waals surface area contributed by atoms with Crippen molar-refractivity contribution in [3.05, 3.63) is 57.8 Å². The maximum absolute atomic E-state index is 13.4. The Hall–Kier alpha value is -1.97. The van der Waals surface area contributed by atoms with E-state index in [2.05, 4.69) is 0 Å². The lowest BCUT2D eigenvalue weighted by Crippen LogP contribution is -2.44. The molecule has 1 aromatic heterocycles. The monoisotopic (exact) mass is 415 g/mol. The molecule has 1 fully saturated rings. The smallest absolute Gasteiger partial charge is 0.166 e. The highest BCUT2D eigenvalue weighted by atomic mass is 32.2. The molecule has 1 saturated carbocycles. The van der Waals surface area contributed by atoms with Crippen LogP contribution in [0.1, 0.15) is 62.6 Å².